The Labute approximate surface area is 150 Å². The van der Waals surface area contributed by atoms with Gasteiger partial charge in [0.25, 0.3) is 0 Å². The predicted molar refractivity (Wildman–Crippen MR) is 95.3 cm³/mol. The summed E-state index contributed by atoms with van der Waals surface area (Å²) >= 11 is 6.33. The quantitative estimate of drug-likeness (QED) is 0.651. The third-order valence-electron chi connectivity index (χ3n) is 4.00. The second-order valence-corrected chi connectivity index (χ2v) is 5.86. The predicted octanol–water partition coefficient (Wildman–Crippen LogP) is 3.63. The number of nitrogens with zero attached hydrogens (tertiary/aromatic N) is 3. The molecule has 0 aliphatic carbocycles. The average Bonchev–Trinajstić information content (AvgIpc) is 2.89. The molecule has 0 aliphatic heterocycles. The van der Waals surface area contributed by atoms with Crippen LogP contribution < -0.4 is 4.74 Å². The third kappa shape index (κ3) is 3.17. The molecule has 0 saturated carbocycles. The van der Waals surface area contributed by atoms with Crippen molar-refractivity contribution in [2.24, 2.45) is 0 Å². The summed E-state index contributed by atoms with van der Waals surface area (Å²) in [6.45, 7) is 4.36. The van der Waals surface area contributed by atoms with Crippen LogP contribution in [-0.2, 0) is 11.3 Å². The lowest BCUT2D eigenvalue weighted by molar-refractivity contribution is 0.0527. The van der Waals surface area contributed by atoms with Crippen molar-refractivity contribution < 1.29 is 14.3 Å². The molecular formula is C18H18ClN3O3. The Balaban J connectivity index is 2.14. The van der Waals surface area contributed by atoms with Gasteiger partial charge in [-0.3, -0.25) is 4.98 Å². The number of aromatic nitrogens is 3. The van der Waals surface area contributed by atoms with Gasteiger partial charge in [0.1, 0.15) is 16.8 Å². The van der Waals surface area contributed by atoms with Gasteiger partial charge < -0.3 is 14.0 Å². The lowest BCUT2D eigenvalue weighted by atomic mass is 10.2. The number of fused-ring (bicyclic) bond motifs is 1. The summed E-state index contributed by atoms with van der Waals surface area (Å²) in [4.78, 5) is 21.1. The second kappa shape index (κ2) is 7.11. The summed E-state index contributed by atoms with van der Waals surface area (Å²) in [7, 11) is 1.60. The van der Waals surface area contributed by atoms with E-state index in [4.69, 9.17) is 21.1 Å². The van der Waals surface area contributed by atoms with E-state index in [1.54, 1.807) is 38.6 Å². The van der Waals surface area contributed by atoms with Crippen LogP contribution in [0.1, 0.15) is 28.5 Å². The van der Waals surface area contributed by atoms with Gasteiger partial charge in [-0.05, 0) is 37.6 Å². The molecule has 130 valence electrons. The SMILES string of the molecule is CCOC(=O)c1c(C)n(Cc2cc(OC)ccc2Cl)c2nccnc12. The molecule has 2 heterocycles. The first-order valence-electron chi connectivity index (χ1n) is 7.86. The summed E-state index contributed by atoms with van der Waals surface area (Å²) in [5.74, 6) is 0.311. The summed E-state index contributed by atoms with van der Waals surface area (Å²) in [5, 5.41) is 0.614. The zero-order valence-electron chi connectivity index (χ0n) is 14.2. The number of hydrogen-bond donors (Lipinski definition) is 0. The number of halogens is 1. The molecule has 0 N–H and O–H groups in total. The first-order chi connectivity index (χ1) is 12.1. The highest BCUT2D eigenvalue weighted by Crippen LogP contribution is 2.28. The van der Waals surface area contributed by atoms with Crippen molar-refractivity contribution in [2.75, 3.05) is 13.7 Å². The number of methoxy groups -OCH3 is 1. The maximum Gasteiger partial charge on any atom is 0.342 e. The number of hydrogen-bond acceptors (Lipinski definition) is 5. The van der Waals surface area contributed by atoms with Crippen LogP contribution in [0.4, 0.5) is 0 Å². The first-order valence-corrected chi connectivity index (χ1v) is 8.24. The van der Waals surface area contributed by atoms with Crippen molar-refractivity contribution in [2.45, 2.75) is 20.4 Å². The Hall–Kier alpha value is -2.60. The highest BCUT2D eigenvalue weighted by atomic mass is 35.5. The van der Waals surface area contributed by atoms with Crippen molar-refractivity contribution in [1.29, 1.82) is 0 Å². The Bertz CT molecular complexity index is 937. The van der Waals surface area contributed by atoms with E-state index in [1.165, 1.54) is 0 Å². The molecule has 0 saturated heterocycles. The monoisotopic (exact) mass is 359 g/mol. The lowest BCUT2D eigenvalue weighted by Crippen LogP contribution is -2.08. The normalized spacial score (nSPS) is 10.9. The number of ether oxygens (including phenoxy) is 2. The molecular weight excluding hydrogens is 342 g/mol. The molecule has 0 amide bonds. The molecule has 0 radical (unpaired) electrons. The molecule has 0 aliphatic rings. The van der Waals surface area contributed by atoms with Crippen molar-refractivity contribution in [3.05, 3.63) is 52.4 Å². The maximum atomic E-state index is 12.4. The van der Waals surface area contributed by atoms with Crippen LogP contribution in [0, 0.1) is 6.92 Å². The van der Waals surface area contributed by atoms with Gasteiger partial charge in [-0.1, -0.05) is 11.6 Å². The zero-order chi connectivity index (χ0) is 18.0. The Morgan fingerprint density at radius 3 is 2.76 bits per heavy atom. The summed E-state index contributed by atoms with van der Waals surface area (Å²) in [5.41, 5.74) is 3.17. The fraction of sp³-hybridized carbons (Fsp3) is 0.278. The highest BCUT2D eigenvalue weighted by molar-refractivity contribution is 6.31. The molecule has 3 rings (SSSR count). The summed E-state index contributed by atoms with van der Waals surface area (Å²) < 4.78 is 12.4. The molecule has 3 aromatic rings. The highest BCUT2D eigenvalue weighted by Gasteiger charge is 2.23. The van der Waals surface area contributed by atoms with E-state index >= 15 is 0 Å². The van der Waals surface area contributed by atoms with Gasteiger partial charge in [0, 0.05) is 23.1 Å². The van der Waals surface area contributed by atoms with E-state index in [1.807, 2.05) is 17.6 Å². The number of benzene rings is 1. The minimum atomic E-state index is -0.402. The Morgan fingerprint density at radius 1 is 1.28 bits per heavy atom. The van der Waals surface area contributed by atoms with E-state index in [0.717, 1.165) is 11.3 Å². The minimum absolute atomic E-state index is 0.299. The number of esters is 1. The molecule has 0 fully saturated rings. The molecule has 25 heavy (non-hydrogen) atoms. The maximum absolute atomic E-state index is 12.4. The Morgan fingerprint density at radius 2 is 2.04 bits per heavy atom. The van der Waals surface area contributed by atoms with Crippen molar-refractivity contribution in [3.63, 3.8) is 0 Å². The molecule has 0 spiro atoms. The molecule has 7 heteroatoms. The lowest BCUT2D eigenvalue weighted by Gasteiger charge is -2.11. The van der Waals surface area contributed by atoms with E-state index < -0.39 is 5.97 Å². The van der Waals surface area contributed by atoms with Crippen molar-refractivity contribution in [3.8, 4) is 5.75 Å². The molecule has 0 unspecified atom stereocenters. The smallest absolute Gasteiger partial charge is 0.342 e. The van der Waals surface area contributed by atoms with Crippen LogP contribution in [0.2, 0.25) is 5.02 Å². The fourth-order valence-electron chi connectivity index (χ4n) is 2.78. The van der Waals surface area contributed by atoms with Crippen LogP contribution >= 0.6 is 11.6 Å². The molecule has 0 atom stereocenters. The molecule has 0 bridgehead atoms. The van der Waals surface area contributed by atoms with Crippen LogP contribution in [0.15, 0.2) is 30.6 Å². The standard InChI is InChI=1S/C18H18ClN3O3/c1-4-25-18(23)15-11(2)22(17-16(15)20-7-8-21-17)10-12-9-13(24-3)5-6-14(12)19/h5-9H,4,10H2,1-3H3. The van der Waals surface area contributed by atoms with Crippen molar-refractivity contribution >= 4 is 28.7 Å². The number of carbonyl (C=O) groups is 1. The summed E-state index contributed by atoms with van der Waals surface area (Å²) in [6.07, 6.45) is 3.16. The Kier molecular flexibility index (Phi) is 4.90. The van der Waals surface area contributed by atoms with E-state index in [-0.39, 0.29) is 0 Å². The molecule has 1 aromatic carbocycles. The van der Waals surface area contributed by atoms with Gasteiger partial charge in [-0.15, -0.1) is 0 Å². The summed E-state index contributed by atoms with van der Waals surface area (Å²) in [6, 6.07) is 5.46. The van der Waals surface area contributed by atoms with Gasteiger partial charge in [0.05, 0.1) is 20.3 Å². The third-order valence-corrected chi connectivity index (χ3v) is 4.37. The average molecular weight is 360 g/mol. The zero-order valence-corrected chi connectivity index (χ0v) is 15.0. The van der Waals surface area contributed by atoms with E-state index in [9.17, 15) is 4.79 Å². The molecule has 6 nitrogen and oxygen atoms in total. The number of rotatable bonds is 5. The molecule has 2 aromatic heterocycles. The van der Waals surface area contributed by atoms with Crippen LogP contribution in [0.5, 0.6) is 5.75 Å². The minimum Gasteiger partial charge on any atom is -0.497 e. The van der Waals surface area contributed by atoms with Crippen LogP contribution in [0.25, 0.3) is 11.2 Å². The van der Waals surface area contributed by atoms with Gasteiger partial charge in [-0.2, -0.15) is 0 Å². The van der Waals surface area contributed by atoms with Gasteiger partial charge in [-0.25, -0.2) is 9.78 Å². The first kappa shape index (κ1) is 17.2. The van der Waals surface area contributed by atoms with Crippen molar-refractivity contribution in [1.82, 2.24) is 14.5 Å². The van der Waals surface area contributed by atoms with E-state index in [0.29, 0.717) is 40.7 Å². The van der Waals surface area contributed by atoms with Crippen LogP contribution in [-0.4, -0.2) is 34.2 Å². The van der Waals surface area contributed by atoms with Gasteiger partial charge >= 0.3 is 5.97 Å². The largest absolute Gasteiger partial charge is 0.497 e. The van der Waals surface area contributed by atoms with Gasteiger partial charge in [0.2, 0.25) is 0 Å². The topological polar surface area (TPSA) is 66.2 Å². The fourth-order valence-corrected chi connectivity index (χ4v) is 2.96. The second-order valence-electron chi connectivity index (χ2n) is 5.45. The van der Waals surface area contributed by atoms with Gasteiger partial charge in [0.15, 0.2) is 5.65 Å². The van der Waals surface area contributed by atoms with Crippen LogP contribution in [0.3, 0.4) is 0 Å². The number of carbonyl (C=O) groups excluding carboxylic acids is 1. The van der Waals surface area contributed by atoms with E-state index in [2.05, 4.69) is 9.97 Å².